The molecule has 0 saturated carbocycles. The van der Waals surface area contributed by atoms with Gasteiger partial charge in [0.2, 0.25) is 0 Å². The molecule has 0 aliphatic heterocycles. The predicted octanol–water partition coefficient (Wildman–Crippen LogP) is 3.61. The number of hydrogen-bond acceptors (Lipinski definition) is 5. The molecule has 0 unspecified atom stereocenters. The van der Waals surface area contributed by atoms with Crippen LogP contribution in [0.15, 0.2) is 59.7 Å². The van der Waals surface area contributed by atoms with E-state index in [-0.39, 0.29) is 11.6 Å². The van der Waals surface area contributed by atoms with Crippen molar-refractivity contribution in [2.24, 2.45) is 5.10 Å². The molecule has 1 N–H and O–H groups in total. The minimum Gasteiger partial charge on any atom is -0.267 e. The van der Waals surface area contributed by atoms with E-state index in [2.05, 4.69) is 15.6 Å². The van der Waals surface area contributed by atoms with Gasteiger partial charge < -0.3 is 0 Å². The molecule has 0 fully saturated rings. The van der Waals surface area contributed by atoms with Crippen molar-refractivity contribution >= 4 is 17.3 Å². The van der Waals surface area contributed by atoms with Crippen molar-refractivity contribution in [2.45, 2.75) is 27.3 Å². The summed E-state index contributed by atoms with van der Waals surface area (Å²) in [6, 6.07) is 15.3. The van der Waals surface area contributed by atoms with Crippen LogP contribution in [0, 0.1) is 24.0 Å². The van der Waals surface area contributed by atoms with Gasteiger partial charge in [0.25, 0.3) is 11.6 Å². The van der Waals surface area contributed by atoms with E-state index in [1.54, 1.807) is 31.2 Å². The Morgan fingerprint density at radius 2 is 1.72 bits per heavy atom. The fraction of sp³-hybridized carbons (Fsp3) is 0.190. The maximum Gasteiger partial charge on any atom is 0.271 e. The highest BCUT2D eigenvalue weighted by Crippen LogP contribution is 2.13. The Bertz CT molecular complexity index is 1070. The second-order valence-corrected chi connectivity index (χ2v) is 6.72. The summed E-state index contributed by atoms with van der Waals surface area (Å²) in [4.78, 5) is 22.6. The molecular formula is C21H21N5O3. The zero-order chi connectivity index (χ0) is 21.0. The number of nitro groups is 1. The third-order valence-electron chi connectivity index (χ3n) is 4.47. The first-order chi connectivity index (χ1) is 13.8. The smallest absolute Gasteiger partial charge is 0.267 e. The summed E-state index contributed by atoms with van der Waals surface area (Å²) in [6.07, 6.45) is 0. The number of nitrogens with zero attached hydrogens (tertiary/aromatic N) is 4. The van der Waals surface area contributed by atoms with Gasteiger partial charge in [0.1, 0.15) is 0 Å². The molecule has 8 nitrogen and oxygen atoms in total. The zero-order valence-electron chi connectivity index (χ0n) is 16.4. The van der Waals surface area contributed by atoms with Crippen LogP contribution >= 0.6 is 0 Å². The highest BCUT2D eigenvalue weighted by Gasteiger charge is 2.08. The number of aryl methyl sites for hydroxylation is 2. The number of non-ortho nitro benzene ring substituents is 1. The number of nitrogens with one attached hydrogen (secondary N) is 1. The minimum atomic E-state index is -0.462. The second kappa shape index (κ2) is 8.47. The standard InChI is InChI=1S/C21H21N5O3/c1-14-12-15(2)25(24-14)13-17-4-6-19(7-5-17)21(27)23-22-16(3)18-8-10-20(11-9-18)26(28)29/h4-12H,13H2,1-3H3,(H,23,27)/b22-16+. The molecule has 1 heterocycles. The molecule has 148 valence electrons. The van der Waals surface area contributed by atoms with Crippen molar-refractivity contribution in [2.75, 3.05) is 0 Å². The highest BCUT2D eigenvalue weighted by atomic mass is 16.6. The Morgan fingerprint density at radius 3 is 2.28 bits per heavy atom. The Morgan fingerprint density at radius 1 is 1.10 bits per heavy atom. The maximum atomic E-state index is 12.3. The van der Waals surface area contributed by atoms with Crippen molar-refractivity contribution in [3.63, 3.8) is 0 Å². The van der Waals surface area contributed by atoms with Gasteiger partial charge in [-0.2, -0.15) is 10.2 Å². The quantitative estimate of drug-likeness (QED) is 0.394. The average Bonchev–Trinajstić information content (AvgIpc) is 3.03. The molecule has 0 aliphatic rings. The summed E-state index contributed by atoms with van der Waals surface area (Å²) in [7, 11) is 0. The molecule has 1 amide bonds. The SMILES string of the molecule is C/C(=N\NC(=O)c1ccc(Cn2nc(C)cc2C)cc1)c1ccc([N+](=O)[O-])cc1. The van der Waals surface area contributed by atoms with Crippen LogP contribution in [0.2, 0.25) is 0 Å². The van der Waals surface area contributed by atoms with E-state index in [4.69, 9.17) is 0 Å². The lowest BCUT2D eigenvalue weighted by molar-refractivity contribution is -0.384. The van der Waals surface area contributed by atoms with Gasteiger partial charge in [-0.3, -0.25) is 19.6 Å². The van der Waals surface area contributed by atoms with Crippen LogP contribution in [0.5, 0.6) is 0 Å². The number of aromatic nitrogens is 2. The summed E-state index contributed by atoms with van der Waals surface area (Å²) >= 11 is 0. The lowest BCUT2D eigenvalue weighted by Crippen LogP contribution is -2.19. The van der Waals surface area contributed by atoms with Crippen LogP contribution < -0.4 is 5.43 Å². The third-order valence-corrected chi connectivity index (χ3v) is 4.47. The van der Waals surface area contributed by atoms with Gasteiger partial charge in [-0.25, -0.2) is 5.43 Å². The van der Waals surface area contributed by atoms with Crippen LogP contribution in [0.4, 0.5) is 5.69 Å². The lowest BCUT2D eigenvalue weighted by atomic mass is 10.1. The van der Waals surface area contributed by atoms with Gasteiger partial charge in [0, 0.05) is 23.4 Å². The number of nitro benzene ring substituents is 1. The van der Waals surface area contributed by atoms with E-state index in [1.807, 2.05) is 36.7 Å². The third kappa shape index (κ3) is 4.92. The van der Waals surface area contributed by atoms with Gasteiger partial charge in [-0.1, -0.05) is 12.1 Å². The van der Waals surface area contributed by atoms with E-state index in [0.29, 0.717) is 23.4 Å². The van der Waals surface area contributed by atoms with Crippen molar-refractivity contribution < 1.29 is 9.72 Å². The average molecular weight is 391 g/mol. The second-order valence-electron chi connectivity index (χ2n) is 6.72. The first-order valence-electron chi connectivity index (χ1n) is 9.03. The molecule has 3 aromatic rings. The normalized spacial score (nSPS) is 11.3. The Balaban J connectivity index is 1.63. The van der Waals surface area contributed by atoms with E-state index in [9.17, 15) is 14.9 Å². The van der Waals surface area contributed by atoms with Crippen LogP contribution in [-0.2, 0) is 6.54 Å². The molecule has 2 aromatic carbocycles. The molecule has 0 bridgehead atoms. The predicted molar refractivity (Wildman–Crippen MR) is 110 cm³/mol. The Kier molecular flexibility index (Phi) is 5.82. The van der Waals surface area contributed by atoms with E-state index >= 15 is 0 Å². The molecule has 8 heteroatoms. The van der Waals surface area contributed by atoms with Gasteiger partial charge in [0.05, 0.1) is 22.9 Å². The molecule has 29 heavy (non-hydrogen) atoms. The molecule has 1 aromatic heterocycles. The number of benzene rings is 2. The molecule has 0 atom stereocenters. The zero-order valence-corrected chi connectivity index (χ0v) is 16.4. The summed E-state index contributed by atoms with van der Waals surface area (Å²) < 4.78 is 1.92. The van der Waals surface area contributed by atoms with E-state index < -0.39 is 4.92 Å². The van der Waals surface area contributed by atoms with E-state index in [1.165, 1.54) is 12.1 Å². The van der Waals surface area contributed by atoms with Gasteiger partial charge >= 0.3 is 0 Å². The largest absolute Gasteiger partial charge is 0.271 e. The van der Waals surface area contributed by atoms with Crippen LogP contribution in [0.25, 0.3) is 0 Å². The molecule has 0 saturated heterocycles. The number of carbonyl (C=O) groups excluding carboxylic acids is 1. The van der Waals surface area contributed by atoms with Crippen molar-refractivity contribution in [3.8, 4) is 0 Å². The Hall–Kier alpha value is -3.81. The Labute approximate surface area is 168 Å². The monoisotopic (exact) mass is 391 g/mol. The maximum absolute atomic E-state index is 12.3. The van der Waals surface area contributed by atoms with Crippen LogP contribution in [0.3, 0.4) is 0 Å². The molecule has 0 spiro atoms. The lowest BCUT2D eigenvalue weighted by Gasteiger charge is -2.06. The summed E-state index contributed by atoms with van der Waals surface area (Å²) in [5.41, 5.74) is 7.34. The fourth-order valence-corrected chi connectivity index (χ4v) is 2.86. The number of carbonyl (C=O) groups is 1. The number of amides is 1. The summed E-state index contributed by atoms with van der Waals surface area (Å²) in [5.74, 6) is -0.330. The van der Waals surface area contributed by atoms with Crippen LogP contribution in [-0.4, -0.2) is 26.3 Å². The first kappa shape index (κ1) is 19.9. The highest BCUT2D eigenvalue weighted by molar-refractivity contribution is 6.01. The number of rotatable bonds is 6. The molecule has 0 radical (unpaired) electrons. The first-order valence-corrected chi connectivity index (χ1v) is 9.03. The van der Waals surface area contributed by atoms with Crippen LogP contribution in [0.1, 0.15) is 39.8 Å². The summed E-state index contributed by atoms with van der Waals surface area (Å²) in [6.45, 7) is 6.32. The van der Waals surface area contributed by atoms with Gasteiger partial charge in [0.15, 0.2) is 0 Å². The van der Waals surface area contributed by atoms with Crippen molar-refractivity contribution in [3.05, 3.63) is 92.8 Å². The van der Waals surface area contributed by atoms with Crippen molar-refractivity contribution in [1.82, 2.24) is 15.2 Å². The van der Waals surface area contributed by atoms with Gasteiger partial charge in [-0.05, 0) is 62.2 Å². The number of hydrogen-bond donors (Lipinski definition) is 1. The van der Waals surface area contributed by atoms with Crippen molar-refractivity contribution in [1.29, 1.82) is 0 Å². The molecule has 0 aliphatic carbocycles. The molecular weight excluding hydrogens is 370 g/mol. The van der Waals surface area contributed by atoms with E-state index in [0.717, 1.165) is 17.0 Å². The summed E-state index contributed by atoms with van der Waals surface area (Å²) in [5, 5.41) is 19.2. The molecule has 3 rings (SSSR count). The fourth-order valence-electron chi connectivity index (χ4n) is 2.86. The topological polar surface area (TPSA) is 102 Å². The number of hydrazone groups is 1. The van der Waals surface area contributed by atoms with Gasteiger partial charge in [-0.15, -0.1) is 0 Å². The minimum absolute atomic E-state index is 0.00569.